The van der Waals surface area contributed by atoms with Gasteiger partial charge in [0, 0.05) is 20.2 Å². The van der Waals surface area contributed by atoms with Crippen molar-refractivity contribution >= 4 is 5.97 Å². The summed E-state index contributed by atoms with van der Waals surface area (Å²) in [7, 11) is 3.27. The number of methoxy groups -OCH3 is 2. The Bertz CT molecular complexity index is 373. The second-order valence-corrected chi connectivity index (χ2v) is 6.74. The summed E-state index contributed by atoms with van der Waals surface area (Å²) >= 11 is 0. The monoisotopic (exact) mass is 298 g/mol. The van der Waals surface area contributed by atoms with E-state index < -0.39 is 5.54 Å². The lowest BCUT2D eigenvalue weighted by molar-refractivity contribution is -0.152. The number of esters is 1. The average molecular weight is 298 g/mol. The number of hydrogen-bond acceptors (Lipinski definition) is 5. The predicted molar refractivity (Wildman–Crippen MR) is 82.2 cm³/mol. The van der Waals surface area contributed by atoms with Gasteiger partial charge in [0.05, 0.1) is 12.7 Å². The maximum atomic E-state index is 12.5. The van der Waals surface area contributed by atoms with Crippen molar-refractivity contribution in [1.82, 2.24) is 10.2 Å². The van der Waals surface area contributed by atoms with E-state index in [0.29, 0.717) is 5.92 Å². The van der Waals surface area contributed by atoms with E-state index in [-0.39, 0.29) is 11.6 Å². The first-order chi connectivity index (χ1) is 9.99. The zero-order chi connectivity index (χ0) is 15.5. The highest BCUT2D eigenvalue weighted by Gasteiger charge is 2.52. The van der Waals surface area contributed by atoms with Gasteiger partial charge in [0.2, 0.25) is 0 Å². The SMILES string of the molecule is CCNC(CN1CCCC(C)(OC)C1)(C(=O)OC)C1CC1. The number of hydrogen-bond donors (Lipinski definition) is 1. The summed E-state index contributed by atoms with van der Waals surface area (Å²) in [5.41, 5.74) is -0.647. The first-order valence-electron chi connectivity index (χ1n) is 8.10. The summed E-state index contributed by atoms with van der Waals surface area (Å²) in [6, 6.07) is 0. The number of piperidine rings is 1. The van der Waals surface area contributed by atoms with Crippen LogP contribution in [-0.2, 0) is 14.3 Å². The van der Waals surface area contributed by atoms with Crippen molar-refractivity contribution in [3.05, 3.63) is 0 Å². The Balaban J connectivity index is 2.12. The van der Waals surface area contributed by atoms with Gasteiger partial charge in [-0.05, 0) is 51.6 Å². The summed E-state index contributed by atoms with van der Waals surface area (Å²) in [5, 5.41) is 3.44. The molecule has 2 atom stereocenters. The normalized spacial score (nSPS) is 29.9. The van der Waals surface area contributed by atoms with Gasteiger partial charge in [-0.2, -0.15) is 0 Å². The summed E-state index contributed by atoms with van der Waals surface area (Å²) in [4.78, 5) is 14.8. The van der Waals surface area contributed by atoms with Gasteiger partial charge in [0.25, 0.3) is 0 Å². The highest BCUT2D eigenvalue weighted by molar-refractivity contribution is 5.82. The molecule has 122 valence electrons. The average Bonchev–Trinajstić information content (AvgIpc) is 3.31. The van der Waals surface area contributed by atoms with Gasteiger partial charge in [0.1, 0.15) is 5.54 Å². The predicted octanol–water partition coefficient (Wildman–Crippen LogP) is 1.42. The van der Waals surface area contributed by atoms with E-state index in [1.165, 1.54) is 7.11 Å². The minimum atomic E-state index is -0.546. The number of likely N-dealkylation sites (N-methyl/N-ethyl adjacent to an activating group) is 1. The summed E-state index contributed by atoms with van der Waals surface area (Å²) in [6.45, 7) is 7.60. The molecule has 1 heterocycles. The number of ether oxygens (including phenoxy) is 2. The molecule has 5 heteroatoms. The molecule has 21 heavy (non-hydrogen) atoms. The molecule has 2 unspecified atom stereocenters. The van der Waals surface area contributed by atoms with Crippen LogP contribution in [-0.4, -0.2) is 62.4 Å². The maximum Gasteiger partial charge on any atom is 0.327 e. The van der Waals surface area contributed by atoms with Crippen molar-refractivity contribution in [2.45, 2.75) is 50.7 Å². The molecule has 0 aromatic carbocycles. The molecule has 2 rings (SSSR count). The molecule has 1 aliphatic heterocycles. The molecule has 0 spiro atoms. The smallest absolute Gasteiger partial charge is 0.327 e. The third-order valence-electron chi connectivity index (χ3n) is 5.02. The molecule has 1 N–H and O–H groups in total. The number of rotatable bonds is 7. The third-order valence-corrected chi connectivity index (χ3v) is 5.02. The molecule has 0 aromatic heterocycles. The van der Waals surface area contributed by atoms with Crippen molar-refractivity contribution < 1.29 is 14.3 Å². The van der Waals surface area contributed by atoms with Crippen molar-refractivity contribution in [3.63, 3.8) is 0 Å². The Hall–Kier alpha value is -0.650. The quantitative estimate of drug-likeness (QED) is 0.720. The number of carbonyl (C=O) groups is 1. The number of nitrogens with zero attached hydrogens (tertiary/aromatic N) is 1. The van der Waals surface area contributed by atoms with Gasteiger partial charge in [0.15, 0.2) is 0 Å². The van der Waals surface area contributed by atoms with Crippen molar-refractivity contribution in [3.8, 4) is 0 Å². The Morgan fingerprint density at radius 2 is 2.14 bits per heavy atom. The second-order valence-electron chi connectivity index (χ2n) is 6.74. The van der Waals surface area contributed by atoms with Gasteiger partial charge in [-0.15, -0.1) is 0 Å². The van der Waals surface area contributed by atoms with Crippen LogP contribution >= 0.6 is 0 Å². The molecular weight excluding hydrogens is 268 g/mol. The molecule has 0 radical (unpaired) electrons. The van der Waals surface area contributed by atoms with Gasteiger partial charge in [-0.1, -0.05) is 6.92 Å². The third kappa shape index (κ3) is 3.58. The van der Waals surface area contributed by atoms with Crippen LogP contribution < -0.4 is 5.32 Å². The minimum absolute atomic E-state index is 0.101. The van der Waals surface area contributed by atoms with Gasteiger partial charge >= 0.3 is 5.97 Å². The molecule has 2 aliphatic rings. The fraction of sp³-hybridized carbons (Fsp3) is 0.938. The number of nitrogens with one attached hydrogen (secondary N) is 1. The molecule has 1 saturated carbocycles. The molecular formula is C16H30N2O3. The van der Waals surface area contributed by atoms with Crippen LogP contribution in [0.25, 0.3) is 0 Å². The van der Waals surface area contributed by atoms with E-state index in [2.05, 4.69) is 24.1 Å². The standard InChI is InChI=1S/C16H30N2O3/c1-5-17-16(13-7-8-13,14(19)20-3)12-18-10-6-9-15(2,11-18)21-4/h13,17H,5-12H2,1-4H3. The van der Waals surface area contributed by atoms with Gasteiger partial charge in [-0.3, -0.25) is 4.90 Å². The van der Waals surface area contributed by atoms with Crippen LogP contribution in [0.5, 0.6) is 0 Å². The first-order valence-corrected chi connectivity index (χ1v) is 8.10. The Morgan fingerprint density at radius 3 is 2.67 bits per heavy atom. The highest BCUT2D eigenvalue weighted by Crippen LogP contribution is 2.41. The Kier molecular flexibility index (Phi) is 5.28. The summed E-state index contributed by atoms with van der Waals surface area (Å²) < 4.78 is 10.8. The Morgan fingerprint density at radius 1 is 1.43 bits per heavy atom. The lowest BCUT2D eigenvalue weighted by atomic mass is 9.88. The lowest BCUT2D eigenvalue weighted by Gasteiger charge is -2.44. The second kappa shape index (κ2) is 6.63. The van der Waals surface area contributed by atoms with E-state index in [0.717, 1.165) is 51.9 Å². The molecule has 1 saturated heterocycles. The van der Waals surface area contributed by atoms with E-state index in [1.54, 1.807) is 7.11 Å². The minimum Gasteiger partial charge on any atom is -0.468 e. The highest BCUT2D eigenvalue weighted by atomic mass is 16.5. The van der Waals surface area contributed by atoms with Crippen molar-refractivity contribution in [2.24, 2.45) is 5.92 Å². The van der Waals surface area contributed by atoms with Gasteiger partial charge < -0.3 is 14.8 Å². The van der Waals surface area contributed by atoms with Crippen LogP contribution in [0.15, 0.2) is 0 Å². The lowest BCUT2D eigenvalue weighted by Crippen LogP contribution is -2.63. The van der Waals surface area contributed by atoms with E-state index in [9.17, 15) is 4.79 Å². The first kappa shape index (κ1) is 16.7. The molecule has 1 aliphatic carbocycles. The Labute approximate surface area is 128 Å². The number of carbonyl (C=O) groups excluding carboxylic acids is 1. The zero-order valence-electron chi connectivity index (χ0n) is 13.9. The fourth-order valence-corrected chi connectivity index (χ4v) is 3.67. The van der Waals surface area contributed by atoms with Crippen LogP contribution in [0.1, 0.15) is 39.5 Å². The van der Waals surface area contributed by atoms with Crippen LogP contribution in [0, 0.1) is 5.92 Å². The van der Waals surface area contributed by atoms with Crippen molar-refractivity contribution in [1.29, 1.82) is 0 Å². The number of likely N-dealkylation sites (tertiary alicyclic amines) is 1. The summed E-state index contributed by atoms with van der Waals surface area (Å²) in [5.74, 6) is 0.289. The van der Waals surface area contributed by atoms with E-state index >= 15 is 0 Å². The van der Waals surface area contributed by atoms with E-state index in [4.69, 9.17) is 9.47 Å². The van der Waals surface area contributed by atoms with Gasteiger partial charge in [-0.25, -0.2) is 4.79 Å². The molecule has 5 nitrogen and oxygen atoms in total. The molecule has 0 aromatic rings. The topological polar surface area (TPSA) is 50.8 Å². The largest absolute Gasteiger partial charge is 0.468 e. The van der Waals surface area contributed by atoms with Crippen LogP contribution in [0.2, 0.25) is 0 Å². The van der Waals surface area contributed by atoms with Crippen LogP contribution in [0.3, 0.4) is 0 Å². The fourth-order valence-electron chi connectivity index (χ4n) is 3.67. The van der Waals surface area contributed by atoms with Crippen LogP contribution in [0.4, 0.5) is 0 Å². The van der Waals surface area contributed by atoms with E-state index in [1.807, 2.05) is 0 Å². The molecule has 0 amide bonds. The van der Waals surface area contributed by atoms with Crippen molar-refractivity contribution in [2.75, 3.05) is 40.4 Å². The molecule has 0 bridgehead atoms. The maximum absolute atomic E-state index is 12.5. The molecule has 2 fully saturated rings. The summed E-state index contributed by atoms with van der Waals surface area (Å²) in [6.07, 6.45) is 4.41. The zero-order valence-corrected chi connectivity index (χ0v) is 13.9.